The number of hydrogen-bond donors (Lipinski definition) is 1. The molecule has 3 aromatic carbocycles. The van der Waals surface area contributed by atoms with E-state index in [2.05, 4.69) is 10.3 Å². The van der Waals surface area contributed by atoms with Crippen molar-refractivity contribution in [3.63, 3.8) is 0 Å². The third-order valence-corrected chi connectivity index (χ3v) is 7.72. The van der Waals surface area contributed by atoms with Gasteiger partial charge >= 0.3 is 0 Å². The summed E-state index contributed by atoms with van der Waals surface area (Å²) in [4.78, 5) is 17.5. The minimum atomic E-state index is -3.88. The summed E-state index contributed by atoms with van der Waals surface area (Å²) in [5.74, 6) is -1.84. The second-order valence-corrected chi connectivity index (χ2v) is 10.4. The van der Waals surface area contributed by atoms with E-state index >= 15 is 0 Å². The van der Waals surface area contributed by atoms with Gasteiger partial charge in [0.2, 0.25) is 0 Å². The molecule has 1 amide bonds. The Morgan fingerprint density at radius 1 is 1.03 bits per heavy atom. The first-order valence-corrected chi connectivity index (χ1v) is 12.3. The van der Waals surface area contributed by atoms with E-state index in [1.54, 1.807) is 30.3 Å². The molecular formula is C24H19F2N3O3S2. The molecule has 1 N–H and O–H groups in total. The molecule has 0 aliphatic rings. The number of amides is 1. The number of hydrogen-bond acceptors (Lipinski definition) is 5. The van der Waals surface area contributed by atoms with Crippen LogP contribution in [0, 0.1) is 11.6 Å². The van der Waals surface area contributed by atoms with Gasteiger partial charge in [0, 0.05) is 36.2 Å². The maximum atomic E-state index is 13.9. The summed E-state index contributed by atoms with van der Waals surface area (Å²) in [6.45, 7) is 0. The second kappa shape index (κ2) is 9.70. The van der Waals surface area contributed by atoms with Crippen molar-refractivity contribution >= 4 is 38.1 Å². The molecule has 0 saturated heterocycles. The first-order chi connectivity index (χ1) is 16.2. The first kappa shape index (κ1) is 23.5. The lowest BCUT2D eigenvalue weighted by Crippen LogP contribution is -2.26. The van der Waals surface area contributed by atoms with Crippen molar-refractivity contribution in [1.29, 1.82) is 0 Å². The second-order valence-electron chi connectivity index (χ2n) is 7.33. The van der Waals surface area contributed by atoms with Gasteiger partial charge in [-0.15, -0.1) is 11.3 Å². The summed E-state index contributed by atoms with van der Waals surface area (Å²) >= 11 is 1.15. The Morgan fingerprint density at radius 3 is 2.53 bits per heavy atom. The molecule has 0 aliphatic carbocycles. The average molecular weight is 500 g/mol. The zero-order valence-corrected chi connectivity index (χ0v) is 19.5. The van der Waals surface area contributed by atoms with E-state index in [0.29, 0.717) is 16.1 Å². The predicted octanol–water partition coefficient (Wildman–Crippen LogP) is 5.09. The number of carbonyl (C=O) groups excluding carboxylic acids is 1. The molecule has 0 unspecified atom stereocenters. The van der Waals surface area contributed by atoms with Gasteiger partial charge in [-0.3, -0.25) is 14.4 Å². The van der Waals surface area contributed by atoms with Gasteiger partial charge in [-0.1, -0.05) is 30.3 Å². The van der Waals surface area contributed by atoms with Crippen LogP contribution in [0.3, 0.4) is 0 Å². The molecule has 0 atom stereocenters. The fourth-order valence-electron chi connectivity index (χ4n) is 3.20. The van der Waals surface area contributed by atoms with Crippen LogP contribution in [0.4, 0.5) is 19.6 Å². The molecule has 1 aromatic heterocycles. The first-order valence-electron chi connectivity index (χ1n) is 10.1. The number of rotatable bonds is 7. The maximum Gasteiger partial charge on any atom is 0.264 e. The minimum Gasteiger partial charge on any atom is -0.298 e. The largest absolute Gasteiger partial charge is 0.298 e. The number of benzene rings is 3. The number of nitrogens with one attached hydrogen (secondary N) is 1. The highest BCUT2D eigenvalue weighted by atomic mass is 32.2. The summed E-state index contributed by atoms with van der Waals surface area (Å²) in [7, 11) is -2.44. The van der Waals surface area contributed by atoms with Crippen LogP contribution in [-0.4, -0.2) is 26.4 Å². The minimum absolute atomic E-state index is 0.0295. The van der Waals surface area contributed by atoms with Gasteiger partial charge in [-0.25, -0.2) is 22.2 Å². The van der Waals surface area contributed by atoms with Crippen molar-refractivity contribution in [2.45, 2.75) is 11.3 Å². The van der Waals surface area contributed by atoms with Crippen LogP contribution < -0.4 is 9.62 Å². The van der Waals surface area contributed by atoms with Crippen LogP contribution in [0.2, 0.25) is 0 Å². The molecule has 174 valence electrons. The Kier molecular flexibility index (Phi) is 6.71. The van der Waals surface area contributed by atoms with Crippen LogP contribution in [0.5, 0.6) is 0 Å². The van der Waals surface area contributed by atoms with Gasteiger partial charge in [-0.05, 0) is 42.0 Å². The zero-order chi connectivity index (χ0) is 24.3. The predicted molar refractivity (Wildman–Crippen MR) is 128 cm³/mol. The fraction of sp³-hybridized carbons (Fsp3) is 0.0833. The smallest absolute Gasteiger partial charge is 0.264 e. The van der Waals surface area contributed by atoms with Crippen molar-refractivity contribution in [1.82, 2.24) is 4.98 Å². The van der Waals surface area contributed by atoms with Crippen molar-refractivity contribution in [3.8, 4) is 0 Å². The van der Waals surface area contributed by atoms with Crippen LogP contribution in [0.15, 0.2) is 83.9 Å². The Hall–Kier alpha value is -3.63. The van der Waals surface area contributed by atoms with Crippen molar-refractivity contribution in [2.75, 3.05) is 16.7 Å². The highest BCUT2D eigenvalue weighted by Gasteiger charge is 2.22. The van der Waals surface area contributed by atoms with Gasteiger partial charge < -0.3 is 0 Å². The highest BCUT2D eigenvalue weighted by Crippen LogP contribution is 2.25. The Labute approximate surface area is 199 Å². The lowest BCUT2D eigenvalue weighted by molar-refractivity contribution is 0.102. The molecule has 0 saturated carbocycles. The van der Waals surface area contributed by atoms with Crippen LogP contribution in [-0.2, 0) is 16.4 Å². The van der Waals surface area contributed by atoms with Crippen molar-refractivity contribution < 1.29 is 22.0 Å². The number of halogens is 2. The number of carbonyl (C=O) groups is 1. The van der Waals surface area contributed by atoms with E-state index in [9.17, 15) is 22.0 Å². The number of nitrogens with zero attached hydrogens (tertiary/aromatic N) is 2. The van der Waals surface area contributed by atoms with Gasteiger partial charge in [0.15, 0.2) is 5.13 Å². The molecule has 10 heteroatoms. The summed E-state index contributed by atoms with van der Waals surface area (Å²) in [5, 5.41) is 2.91. The fourth-order valence-corrected chi connectivity index (χ4v) is 5.27. The summed E-state index contributed by atoms with van der Waals surface area (Å²) < 4.78 is 54.2. The molecule has 6 nitrogen and oxygen atoms in total. The third kappa shape index (κ3) is 5.13. The van der Waals surface area contributed by atoms with Crippen LogP contribution >= 0.6 is 11.3 Å². The molecule has 0 spiro atoms. The molecule has 0 radical (unpaired) electrons. The lowest BCUT2D eigenvalue weighted by atomic mass is 10.1. The number of aromatic nitrogens is 1. The van der Waals surface area contributed by atoms with E-state index in [4.69, 9.17) is 0 Å². The zero-order valence-electron chi connectivity index (χ0n) is 17.9. The summed E-state index contributed by atoms with van der Waals surface area (Å²) in [6, 6.07) is 17.7. The lowest BCUT2D eigenvalue weighted by Gasteiger charge is -2.19. The molecule has 0 aliphatic heterocycles. The van der Waals surface area contributed by atoms with Gasteiger partial charge in [0.05, 0.1) is 10.6 Å². The number of sulfonamides is 1. The average Bonchev–Trinajstić information content (AvgIpc) is 3.27. The Bertz CT molecular complexity index is 1440. The molecule has 0 bridgehead atoms. The van der Waals surface area contributed by atoms with E-state index in [0.717, 1.165) is 21.7 Å². The normalized spacial score (nSPS) is 11.3. The monoisotopic (exact) mass is 499 g/mol. The Morgan fingerprint density at radius 2 is 1.79 bits per heavy atom. The van der Waals surface area contributed by atoms with Crippen molar-refractivity contribution in [3.05, 3.63) is 107 Å². The van der Waals surface area contributed by atoms with E-state index in [-0.39, 0.29) is 22.0 Å². The molecule has 4 aromatic rings. The molecule has 0 fully saturated rings. The number of thiazole rings is 1. The van der Waals surface area contributed by atoms with E-state index < -0.39 is 27.6 Å². The van der Waals surface area contributed by atoms with Crippen LogP contribution in [0.25, 0.3) is 0 Å². The topological polar surface area (TPSA) is 79.4 Å². The number of para-hydroxylation sites is 1. The number of anilines is 2. The van der Waals surface area contributed by atoms with Gasteiger partial charge in [0.1, 0.15) is 11.6 Å². The molecule has 1 heterocycles. The Balaban J connectivity index is 1.49. The quantitative estimate of drug-likeness (QED) is 0.384. The van der Waals surface area contributed by atoms with E-state index in [1.807, 2.05) is 0 Å². The highest BCUT2D eigenvalue weighted by molar-refractivity contribution is 7.92. The van der Waals surface area contributed by atoms with Crippen molar-refractivity contribution in [2.24, 2.45) is 0 Å². The van der Waals surface area contributed by atoms with Crippen LogP contribution in [0.1, 0.15) is 20.8 Å². The SMILES string of the molecule is CN(c1ccccc1)S(=O)(=O)c1cccc(C(=O)Nc2ncc(Cc3ccc(F)cc3F)s2)c1. The third-order valence-electron chi connectivity index (χ3n) is 5.03. The summed E-state index contributed by atoms with van der Waals surface area (Å²) in [6.07, 6.45) is 1.69. The standard InChI is InChI=1S/C24H19F2N3O3S2/c1-29(19-7-3-2-4-8-19)34(31,32)21-9-5-6-17(13-21)23(30)28-24-27-15-20(33-24)12-16-10-11-18(25)14-22(16)26/h2-11,13-15H,12H2,1H3,(H,27,28,30). The van der Waals surface area contributed by atoms with Gasteiger partial charge in [0.25, 0.3) is 15.9 Å². The summed E-state index contributed by atoms with van der Waals surface area (Å²) in [5.41, 5.74) is 0.942. The molecule has 4 rings (SSSR count). The van der Waals surface area contributed by atoms with E-state index in [1.165, 1.54) is 49.6 Å². The maximum absolute atomic E-state index is 13.9. The molecule has 34 heavy (non-hydrogen) atoms. The molecular weight excluding hydrogens is 480 g/mol. The van der Waals surface area contributed by atoms with Gasteiger partial charge in [-0.2, -0.15) is 0 Å².